The first-order valence-corrected chi connectivity index (χ1v) is 9.53. The van der Waals surface area contributed by atoms with Crippen LogP contribution in [0.3, 0.4) is 0 Å². The van der Waals surface area contributed by atoms with Crippen LogP contribution in [0.25, 0.3) is 0 Å². The van der Waals surface area contributed by atoms with Crippen molar-refractivity contribution in [3.05, 3.63) is 60.2 Å². The molecular weight excluding hydrogens is 359 g/mol. The topological polar surface area (TPSA) is 99.1 Å². The molecule has 2 aromatic rings. The number of carbonyl (C=O) groups excluding carboxylic acids is 2. The minimum Gasteiger partial charge on any atom is -0.427 e. The fourth-order valence-electron chi connectivity index (χ4n) is 1.90. The van der Waals surface area contributed by atoms with Crippen molar-refractivity contribution in [1.29, 1.82) is 0 Å². The molecule has 0 spiro atoms. The van der Waals surface area contributed by atoms with E-state index in [-0.39, 0.29) is 18.3 Å². The highest BCUT2D eigenvalue weighted by atomic mass is 31.2. The fraction of sp³-hybridized carbons (Fsp3) is 0.222. The maximum Gasteiger partial charge on any atom is 0.436 e. The summed E-state index contributed by atoms with van der Waals surface area (Å²) >= 11 is 0. The Morgan fingerprint density at radius 1 is 0.962 bits per heavy atom. The summed E-state index contributed by atoms with van der Waals surface area (Å²) < 4.78 is 26.7. The van der Waals surface area contributed by atoms with Gasteiger partial charge in [-0.25, -0.2) is 9.36 Å². The molecule has 7 nitrogen and oxygen atoms in total. The highest BCUT2D eigenvalue weighted by molar-refractivity contribution is 7.70. The lowest BCUT2D eigenvalue weighted by Gasteiger charge is -2.11. The summed E-state index contributed by atoms with van der Waals surface area (Å²) in [4.78, 5) is 32.9. The highest BCUT2D eigenvalue weighted by Gasteiger charge is 2.33. The Kier molecular flexibility index (Phi) is 7.09. The fourth-order valence-corrected chi connectivity index (χ4v) is 2.55. The number of esters is 1. The summed E-state index contributed by atoms with van der Waals surface area (Å²) in [6.45, 7) is 1.60. The average molecular weight is 378 g/mol. The summed E-state index contributed by atoms with van der Waals surface area (Å²) in [5, 5.41) is 0. The van der Waals surface area contributed by atoms with E-state index in [0.717, 1.165) is 0 Å². The molecule has 0 fully saturated rings. The number of benzene rings is 2. The molecule has 0 aliphatic heterocycles. The zero-order valence-corrected chi connectivity index (χ0v) is 15.1. The first-order valence-electron chi connectivity index (χ1n) is 7.95. The molecule has 2 rings (SSSR count). The third-order valence-electron chi connectivity index (χ3n) is 3.19. The van der Waals surface area contributed by atoms with Gasteiger partial charge in [0.15, 0.2) is 0 Å². The Bertz CT molecular complexity index is 787. The smallest absolute Gasteiger partial charge is 0.427 e. The van der Waals surface area contributed by atoms with E-state index in [4.69, 9.17) is 14.0 Å². The molecule has 2 aromatic carbocycles. The number of rotatable bonds is 8. The third-order valence-corrected chi connectivity index (χ3v) is 4.23. The van der Waals surface area contributed by atoms with Crippen LogP contribution >= 0.6 is 7.60 Å². The zero-order chi connectivity index (χ0) is 19.0. The van der Waals surface area contributed by atoms with Gasteiger partial charge in [0.25, 0.3) is 0 Å². The maximum absolute atomic E-state index is 12.0. The second-order valence-corrected chi connectivity index (χ2v) is 7.01. The van der Waals surface area contributed by atoms with Gasteiger partial charge in [0.05, 0.1) is 6.61 Å². The number of ether oxygens (including phenoxy) is 2. The zero-order valence-electron chi connectivity index (χ0n) is 14.2. The van der Waals surface area contributed by atoms with Crippen molar-refractivity contribution in [2.75, 3.05) is 0 Å². The summed E-state index contributed by atoms with van der Waals surface area (Å²) in [5.74, 6) is 0.177. The van der Waals surface area contributed by atoms with Crippen LogP contribution in [0, 0.1) is 0 Å². The average Bonchev–Trinajstić information content (AvgIpc) is 2.62. The lowest BCUT2D eigenvalue weighted by atomic mass is 10.2. The molecule has 0 aliphatic rings. The van der Waals surface area contributed by atoms with Crippen molar-refractivity contribution in [2.45, 2.75) is 26.4 Å². The quantitative estimate of drug-likeness (QED) is 0.415. The second kappa shape index (κ2) is 9.29. The molecule has 26 heavy (non-hydrogen) atoms. The molecule has 0 aliphatic carbocycles. The number of para-hydroxylation sites is 1. The lowest BCUT2D eigenvalue weighted by molar-refractivity contribution is -0.134. The summed E-state index contributed by atoms with van der Waals surface area (Å²) in [7, 11) is -4.60. The molecule has 1 unspecified atom stereocenters. The van der Waals surface area contributed by atoms with E-state index < -0.39 is 13.3 Å². The van der Waals surface area contributed by atoms with Crippen LogP contribution < -0.4 is 9.47 Å². The summed E-state index contributed by atoms with van der Waals surface area (Å²) in [6, 6.07) is 14.1. The Morgan fingerprint density at radius 2 is 1.58 bits per heavy atom. The Balaban J connectivity index is 1.89. The summed E-state index contributed by atoms with van der Waals surface area (Å²) in [6.07, 6.45) is 1.01. The molecule has 1 N–H and O–H groups in total. The Hall–Kier alpha value is -2.47. The van der Waals surface area contributed by atoms with Crippen molar-refractivity contribution < 1.29 is 33.0 Å². The molecule has 0 heterocycles. The van der Waals surface area contributed by atoms with Crippen LogP contribution in [0.4, 0.5) is 4.79 Å². The first kappa shape index (κ1) is 19.8. The molecule has 0 aromatic heterocycles. The van der Waals surface area contributed by atoms with Crippen LogP contribution in [0.15, 0.2) is 54.6 Å². The van der Waals surface area contributed by atoms with Gasteiger partial charge >= 0.3 is 19.3 Å². The summed E-state index contributed by atoms with van der Waals surface area (Å²) in [5.41, 5.74) is -0.823. The van der Waals surface area contributed by atoms with E-state index >= 15 is 0 Å². The molecule has 1 atom stereocenters. The van der Waals surface area contributed by atoms with Crippen molar-refractivity contribution >= 4 is 19.3 Å². The normalized spacial score (nSPS) is 12.8. The van der Waals surface area contributed by atoms with Crippen molar-refractivity contribution in [2.24, 2.45) is 0 Å². The van der Waals surface area contributed by atoms with Gasteiger partial charge in [-0.15, -0.1) is 0 Å². The number of hydrogen-bond donors (Lipinski definition) is 1. The monoisotopic (exact) mass is 378 g/mol. The molecule has 0 saturated carbocycles. The van der Waals surface area contributed by atoms with E-state index in [0.29, 0.717) is 24.2 Å². The van der Waals surface area contributed by atoms with Crippen LogP contribution in [0.2, 0.25) is 0 Å². The molecular formula is C18H19O7P. The van der Waals surface area contributed by atoms with Gasteiger partial charge in [0.1, 0.15) is 11.5 Å². The third kappa shape index (κ3) is 6.11. The first-order chi connectivity index (χ1) is 12.4. The lowest BCUT2D eigenvalue weighted by Crippen LogP contribution is -2.09. The van der Waals surface area contributed by atoms with E-state index in [9.17, 15) is 19.0 Å². The SMILES string of the molecule is CCCC(=O)Oc1ccc(COP(=O)(O)C(=O)Oc2ccccc2)cc1. The van der Waals surface area contributed by atoms with E-state index in [1.54, 1.807) is 30.3 Å². The molecule has 0 radical (unpaired) electrons. The molecule has 0 bridgehead atoms. The predicted octanol–water partition coefficient (Wildman–Crippen LogP) is 4.29. The van der Waals surface area contributed by atoms with Gasteiger partial charge in [-0.1, -0.05) is 37.3 Å². The van der Waals surface area contributed by atoms with Gasteiger partial charge in [0.2, 0.25) is 0 Å². The van der Waals surface area contributed by atoms with Crippen molar-refractivity contribution in [3.8, 4) is 11.5 Å². The second-order valence-electron chi connectivity index (χ2n) is 5.34. The molecule has 0 amide bonds. The van der Waals surface area contributed by atoms with Crippen LogP contribution in [0.5, 0.6) is 11.5 Å². The Labute approximate surface area is 151 Å². The van der Waals surface area contributed by atoms with Crippen LogP contribution in [-0.2, 0) is 20.5 Å². The molecule has 138 valence electrons. The van der Waals surface area contributed by atoms with Gasteiger partial charge in [-0.05, 0) is 36.2 Å². The predicted molar refractivity (Wildman–Crippen MR) is 94.1 cm³/mol. The Morgan fingerprint density at radius 3 is 2.19 bits per heavy atom. The minimum absolute atomic E-state index is 0.147. The van der Waals surface area contributed by atoms with Gasteiger partial charge in [-0.2, -0.15) is 0 Å². The molecule has 8 heteroatoms. The number of carbonyl (C=O) groups is 2. The van der Waals surface area contributed by atoms with Crippen molar-refractivity contribution in [3.63, 3.8) is 0 Å². The van der Waals surface area contributed by atoms with Crippen LogP contribution in [0.1, 0.15) is 25.3 Å². The standard InChI is InChI=1S/C18H19O7P/c1-2-6-17(19)24-16-11-9-14(10-12-16)13-23-26(21,22)18(20)25-15-7-4-3-5-8-15/h3-5,7-12H,2,6,13H2,1H3,(H,21,22). The van der Waals surface area contributed by atoms with Gasteiger partial charge in [0, 0.05) is 6.42 Å². The van der Waals surface area contributed by atoms with Crippen molar-refractivity contribution in [1.82, 2.24) is 0 Å². The largest absolute Gasteiger partial charge is 0.436 e. The van der Waals surface area contributed by atoms with Crippen LogP contribution in [-0.4, -0.2) is 16.6 Å². The number of hydrogen-bond acceptors (Lipinski definition) is 6. The van der Waals surface area contributed by atoms with E-state index in [1.807, 2.05) is 6.92 Å². The van der Waals surface area contributed by atoms with Gasteiger partial charge in [-0.3, -0.25) is 9.32 Å². The highest BCUT2D eigenvalue weighted by Crippen LogP contribution is 2.45. The molecule has 0 saturated heterocycles. The van der Waals surface area contributed by atoms with E-state index in [2.05, 4.69) is 0 Å². The minimum atomic E-state index is -4.60. The maximum atomic E-state index is 12.0. The van der Waals surface area contributed by atoms with E-state index in [1.165, 1.54) is 24.3 Å². The van der Waals surface area contributed by atoms with Gasteiger partial charge < -0.3 is 14.4 Å².